The Morgan fingerprint density at radius 2 is 2.45 bits per heavy atom. The van der Waals surface area contributed by atoms with Crippen LogP contribution in [0, 0.1) is 0 Å². The van der Waals surface area contributed by atoms with E-state index in [-0.39, 0.29) is 5.91 Å². The van der Waals surface area contributed by atoms with Gasteiger partial charge in [-0.05, 0) is 13.0 Å². The lowest BCUT2D eigenvalue weighted by Gasteiger charge is -2.17. The number of hydroxylamine groups is 2. The van der Waals surface area contributed by atoms with Crippen molar-refractivity contribution in [2.24, 2.45) is 5.73 Å². The lowest BCUT2D eigenvalue weighted by molar-refractivity contribution is -0.178. The van der Waals surface area contributed by atoms with Crippen LogP contribution in [0.4, 0.5) is 0 Å². The van der Waals surface area contributed by atoms with E-state index in [9.17, 15) is 4.79 Å². The number of carbonyl (C=O) groups excluding carboxylic acids is 1. The first-order valence-electron chi connectivity index (χ1n) is 3.53. The molecule has 0 aliphatic rings. The summed E-state index contributed by atoms with van der Waals surface area (Å²) in [6, 6.07) is 0. The summed E-state index contributed by atoms with van der Waals surface area (Å²) in [5.41, 5.74) is 5.18. The van der Waals surface area contributed by atoms with E-state index in [4.69, 9.17) is 10.6 Å². The molecule has 0 rings (SSSR count). The van der Waals surface area contributed by atoms with E-state index in [1.54, 1.807) is 0 Å². The molecule has 0 atom stereocenters. The van der Waals surface area contributed by atoms with Gasteiger partial charge in [0.15, 0.2) is 0 Å². The van der Waals surface area contributed by atoms with Gasteiger partial charge in [-0.25, -0.2) is 5.06 Å². The monoisotopic (exact) mass is 158 g/mol. The minimum atomic E-state index is -0.235. The summed E-state index contributed by atoms with van der Waals surface area (Å²) in [6.45, 7) is 6.42. The number of nitrogens with two attached hydrogens (primary N) is 1. The van der Waals surface area contributed by atoms with Crippen LogP contribution < -0.4 is 5.73 Å². The summed E-state index contributed by atoms with van der Waals surface area (Å²) in [7, 11) is 0. The van der Waals surface area contributed by atoms with Crippen molar-refractivity contribution in [1.82, 2.24) is 5.06 Å². The second kappa shape index (κ2) is 5.88. The fourth-order valence-electron chi connectivity index (χ4n) is 0.575. The Bertz CT molecular complexity index is 136. The average molecular weight is 158 g/mol. The molecular weight excluding hydrogens is 144 g/mol. The molecule has 4 heteroatoms. The molecule has 0 heterocycles. The van der Waals surface area contributed by atoms with Crippen LogP contribution in [0.5, 0.6) is 0 Å². The highest BCUT2D eigenvalue weighted by Crippen LogP contribution is 1.90. The number of likely N-dealkylation sites (N-methyl/N-ethyl adjacent to an activating group) is 1. The molecule has 0 aromatic heterocycles. The van der Waals surface area contributed by atoms with Gasteiger partial charge in [0.25, 0.3) is 5.91 Å². The second-order valence-corrected chi connectivity index (χ2v) is 1.86. The summed E-state index contributed by atoms with van der Waals surface area (Å²) in [4.78, 5) is 15.9. The smallest absolute Gasteiger partial charge is 0.269 e. The fraction of sp³-hybridized carbons (Fsp3) is 0.571. The molecule has 11 heavy (non-hydrogen) atoms. The van der Waals surface area contributed by atoms with E-state index in [0.29, 0.717) is 19.7 Å². The normalized spacial score (nSPS) is 9.27. The van der Waals surface area contributed by atoms with Gasteiger partial charge in [0.1, 0.15) is 0 Å². The first-order valence-corrected chi connectivity index (χ1v) is 3.53. The maximum absolute atomic E-state index is 10.9. The van der Waals surface area contributed by atoms with Crippen molar-refractivity contribution in [1.29, 1.82) is 0 Å². The number of carbonyl (C=O) groups is 1. The van der Waals surface area contributed by atoms with Crippen molar-refractivity contribution < 1.29 is 9.63 Å². The van der Waals surface area contributed by atoms with Gasteiger partial charge >= 0.3 is 0 Å². The Morgan fingerprint density at radius 3 is 2.82 bits per heavy atom. The highest BCUT2D eigenvalue weighted by atomic mass is 16.7. The van der Waals surface area contributed by atoms with Crippen LogP contribution in [0.2, 0.25) is 0 Å². The van der Waals surface area contributed by atoms with Crippen molar-refractivity contribution >= 4 is 5.91 Å². The largest absolute Gasteiger partial charge is 0.328 e. The van der Waals surface area contributed by atoms with Crippen LogP contribution in [0.1, 0.15) is 6.92 Å². The molecule has 0 saturated heterocycles. The highest BCUT2D eigenvalue weighted by Gasteiger charge is 2.06. The number of hydrogen-bond donors (Lipinski definition) is 1. The number of rotatable bonds is 5. The van der Waals surface area contributed by atoms with Gasteiger partial charge in [0, 0.05) is 13.1 Å². The summed E-state index contributed by atoms with van der Waals surface area (Å²) >= 11 is 0. The van der Waals surface area contributed by atoms with Gasteiger partial charge in [0.2, 0.25) is 0 Å². The molecule has 64 valence electrons. The standard InChI is InChI=1S/C7H14N2O2/c1-3-7(10)9(4-2)11-6-5-8/h3H,1,4-6,8H2,2H3. The molecular formula is C7H14N2O2. The van der Waals surface area contributed by atoms with Crippen LogP contribution in [0.25, 0.3) is 0 Å². The molecule has 0 radical (unpaired) electrons. The number of hydrogen-bond acceptors (Lipinski definition) is 3. The lowest BCUT2D eigenvalue weighted by atomic mass is 10.5. The molecule has 0 aliphatic heterocycles. The molecule has 1 amide bonds. The molecule has 0 fully saturated rings. The van der Waals surface area contributed by atoms with Crippen LogP contribution in [0.3, 0.4) is 0 Å². The third-order valence-corrected chi connectivity index (χ3v) is 1.07. The maximum Gasteiger partial charge on any atom is 0.269 e. The maximum atomic E-state index is 10.9. The zero-order valence-electron chi connectivity index (χ0n) is 6.75. The van der Waals surface area contributed by atoms with Gasteiger partial charge in [0.05, 0.1) is 6.61 Å². The Labute approximate surface area is 66.6 Å². The third kappa shape index (κ3) is 3.75. The van der Waals surface area contributed by atoms with E-state index >= 15 is 0 Å². The van der Waals surface area contributed by atoms with Gasteiger partial charge in [-0.1, -0.05) is 6.58 Å². The Balaban J connectivity index is 3.74. The van der Waals surface area contributed by atoms with Gasteiger partial charge in [-0.15, -0.1) is 0 Å². The number of amides is 1. The van der Waals surface area contributed by atoms with E-state index in [2.05, 4.69) is 6.58 Å². The van der Waals surface area contributed by atoms with Crippen LogP contribution in [-0.2, 0) is 9.63 Å². The number of nitrogens with zero attached hydrogens (tertiary/aromatic N) is 1. The molecule has 0 spiro atoms. The van der Waals surface area contributed by atoms with Crippen LogP contribution >= 0.6 is 0 Å². The molecule has 0 aliphatic carbocycles. The topological polar surface area (TPSA) is 55.6 Å². The van der Waals surface area contributed by atoms with Crippen molar-refractivity contribution in [3.63, 3.8) is 0 Å². The molecule has 0 unspecified atom stereocenters. The minimum Gasteiger partial charge on any atom is -0.328 e. The molecule has 0 bridgehead atoms. The first kappa shape index (κ1) is 10.1. The Morgan fingerprint density at radius 1 is 1.82 bits per heavy atom. The average Bonchev–Trinajstić information content (AvgIpc) is 2.05. The Hall–Kier alpha value is -0.870. The fourth-order valence-corrected chi connectivity index (χ4v) is 0.575. The van der Waals surface area contributed by atoms with Crippen LogP contribution in [-0.4, -0.2) is 30.7 Å². The van der Waals surface area contributed by atoms with E-state index < -0.39 is 0 Å². The second-order valence-electron chi connectivity index (χ2n) is 1.86. The molecule has 4 nitrogen and oxygen atoms in total. The molecule has 0 aromatic rings. The Kier molecular flexibility index (Phi) is 5.42. The van der Waals surface area contributed by atoms with Crippen LogP contribution in [0.15, 0.2) is 12.7 Å². The molecule has 0 saturated carbocycles. The zero-order valence-corrected chi connectivity index (χ0v) is 6.75. The van der Waals surface area contributed by atoms with Gasteiger partial charge in [-0.3, -0.25) is 9.63 Å². The summed E-state index contributed by atoms with van der Waals surface area (Å²) < 4.78 is 0. The summed E-state index contributed by atoms with van der Waals surface area (Å²) in [5.74, 6) is -0.235. The zero-order chi connectivity index (χ0) is 8.69. The SMILES string of the molecule is C=CC(=O)N(CC)OCCN. The van der Waals surface area contributed by atoms with Crippen molar-refractivity contribution in [3.05, 3.63) is 12.7 Å². The lowest BCUT2D eigenvalue weighted by Crippen LogP contribution is -2.31. The van der Waals surface area contributed by atoms with E-state index in [0.717, 1.165) is 0 Å². The van der Waals surface area contributed by atoms with E-state index in [1.807, 2.05) is 6.92 Å². The predicted molar refractivity (Wildman–Crippen MR) is 42.6 cm³/mol. The van der Waals surface area contributed by atoms with Gasteiger partial charge < -0.3 is 5.73 Å². The third-order valence-electron chi connectivity index (χ3n) is 1.07. The van der Waals surface area contributed by atoms with Crippen molar-refractivity contribution in [2.75, 3.05) is 19.7 Å². The molecule has 0 aromatic carbocycles. The van der Waals surface area contributed by atoms with Crippen molar-refractivity contribution in [2.45, 2.75) is 6.92 Å². The van der Waals surface area contributed by atoms with Crippen molar-refractivity contribution in [3.8, 4) is 0 Å². The highest BCUT2D eigenvalue weighted by molar-refractivity contribution is 5.86. The molecule has 2 N–H and O–H groups in total. The summed E-state index contributed by atoms with van der Waals surface area (Å²) in [5, 5.41) is 1.22. The first-order chi connectivity index (χ1) is 5.26. The minimum absolute atomic E-state index is 0.235. The van der Waals surface area contributed by atoms with E-state index in [1.165, 1.54) is 11.1 Å². The predicted octanol–water partition coefficient (Wildman–Crippen LogP) is -0.0888. The summed E-state index contributed by atoms with van der Waals surface area (Å²) in [6.07, 6.45) is 1.21. The quantitative estimate of drug-likeness (QED) is 0.449. The van der Waals surface area contributed by atoms with Gasteiger partial charge in [-0.2, -0.15) is 0 Å².